The van der Waals surface area contributed by atoms with Gasteiger partial charge < -0.3 is 5.32 Å². The molecule has 1 N–H and O–H groups in total. The van der Waals surface area contributed by atoms with Crippen molar-refractivity contribution in [1.29, 1.82) is 0 Å². The zero-order valence-electron chi connectivity index (χ0n) is 13.6. The monoisotopic (exact) mass is 281 g/mol. The van der Waals surface area contributed by atoms with Gasteiger partial charge in [-0.05, 0) is 36.8 Å². The molecule has 21 heavy (non-hydrogen) atoms. The van der Waals surface area contributed by atoms with Crippen LogP contribution in [0.5, 0.6) is 0 Å². The first kappa shape index (κ1) is 15.8. The Morgan fingerprint density at radius 1 is 0.857 bits per heavy atom. The molecule has 0 aliphatic heterocycles. The third-order valence-electron chi connectivity index (χ3n) is 4.21. The summed E-state index contributed by atoms with van der Waals surface area (Å²) in [6.07, 6.45) is 1.12. The molecule has 0 spiro atoms. The van der Waals surface area contributed by atoms with E-state index in [0.29, 0.717) is 12.1 Å². The smallest absolute Gasteiger partial charge is 0.0294 e. The van der Waals surface area contributed by atoms with Crippen LogP contribution in [0.2, 0.25) is 0 Å². The third-order valence-corrected chi connectivity index (χ3v) is 4.21. The molecule has 0 radical (unpaired) electrons. The van der Waals surface area contributed by atoms with Gasteiger partial charge in [-0.15, -0.1) is 0 Å². The van der Waals surface area contributed by atoms with Gasteiger partial charge in [-0.2, -0.15) is 0 Å². The molecule has 1 unspecified atom stereocenters. The standard InChI is InChI=1S/C20H27N/c1-16(21-17(2)18-11-7-5-8-12-18)15-20(3,4)19-13-9-6-10-14-19/h5-14,16-17,21H,15H2,1-4H3/t16?,17-/m0/s1. The summed E-state index contributed by atoms with van der Waals surface area (Å²) in [5.74, 6) is 0. The molecular formula is C20H27N. The van der Waals surface area contributed by atoms with Crippen molar-refractivity contribution >= 4 is 0 Å². The molecule has 1 nitrogen and oxygen atoms in total. The van der Waals surface area contributed by atoms with E-state index in [4.69, 9.17) is 0 Å². The minimum absolute atomic E-state index is 0.185. The maximum Gasteiger partial charge on any atom is 0.0294 e. The molecule has 0 bridgehead atoms. The van der Waals surface area contributed by atoms with E-state index < -0.39 is 0 Å². The van der Waals surface area contributed by atoms with Gasteiger partial charge in [0.25, 0.3) is 0 Å². The van der Waals surface area contributed by atoms with Crippen LogP contribution in [0.25, 0.3) is 0 Å². The molecule has 2 atom stereocenters. The Morgan fingerprint density at radius 2 is 1.38 bits per heavy atom. The molecule has 2 aromatic carbocycles. The number of nitrogens with one attached hydrogen (secondary N) is 1. The van der Waals surface area contributed by atoms with Gasteiger partial charge in [0.15, 0.2) is 0 Å². The van der Waals surface area contributed by atoms with Crippen LogP contribution in [0.3, 0.4) is 0 Å². The van der Waals surface area contributed by atoms with Gasteiger partial charge in [0, 0.05) is 12.1 Å². The summed E-state index contributed by atoms with van der Waals surface area (Å²) in [4.78, 5) is 0. The molecule has 0 aliphatic rings. The lowest BCUT2D eigenvalue weighted by atomic mass is 9.79. The van der Waals surface area contributed by atoms with Crippen LogP contribution in [0.4, 0.5) is 0 Å². The van der Waals surface area contributed by atoms with Crippen molar-refractivity contribution in [3.05, 3.63) is 71.8 Å². The second-order valence-electron chi connectivity index (χ2n) is 6.65. The van der Waals surface area contributed by atoms with Crippen LogP contribution in [-0.4, -0.2) is 6.04 Å². The number of rotatable bonds is 6. The topological polar surface area (TPSA) is 12.0 Å². The van der Waals surface area contributed by atoms with Crippen LogP contribution in [0.1, 0.15) is 51.3 Å². The maximum atomic E-state index is 3.72. The first-order valence-corrected chi connectivity index (χ1v) is 7.85. The molecular weight excluding hydrogens is 254 g/mol. The molecule has 0 aromatic heterocycles. The molecule has 0 saturated heterocycles. The van der Waals surface area contributed by atoms with Gasteiger partial charge in [-0.1, -0.05) is 74.5 Å². The quantitative estimate of drug-likeness (QED) is 0.777. The Kier molecular flexibility index (Phi) is 5.19. The zero-order chi connectivity index (χ0) is 15.3. The second-order valence-corrected chi connectivity index (χ2v) is 6.65. The average Bonchev–Trinajstić information content (AvgIpc) is 2.48. The first-order valence-electron chi connectivity index (χ1n) is 7.85. The fraction of sp³-hybridized carbons (Fsp3) is 0.400. The largest absolute Gasteiger partial charge is 0.308 e. The highest BCUT2D eigenvalue weighted by Gasteiger charge is 2.23. The van der Waals surface area contributed by atoms with Crippen molar-refractivity contribution in [2.24, 2.45) is 0 Å². The van der Waals surface area contributed by atoms with E-state index >= 15 is 0 Å². The van der Waals surface area contributed by atoms with Crippen LogP contribution in [-0.2, 0) is 5.41 Å². The summed E-state index contributed by atoms with van der Waals surface area (Å²) in [6.45, 7) is 9.17. The Labute approximate surface area is 129 Å². The van der Waals surface area contributed by atoms with Gasteiger partial charge in [0.1, 0.15) is 0 Å². The summed E-state index contributed by atoms with van der Waals surface area (Å²) < 4.78 is 0. The van der Waals surface area contributed by atoms with Crippen molar-refractivity contribution in [2.45, 2.75) is 51.6 Å². The summed E-state index contributed by atoms with van der Waals surface area (Å²) in [6, 6.07) is 22.3. The van der Waals surface area contributed by atoms with Gasteiger partial charge >= 0.3 is 0 Å². The van der Waals surface area contributed by atoms with E-state index in [9.17, 15) is 0 Å². The van der Waals surface area contributed by atoms with Crippen LogP contribution in [0.15, 0.2) is 60.7 Å². The zero-order valence-corrected chi connectivity index (χ0v) is 13.6. The molecule has 0 fully saturated rings. The van der Waals surface area contributed by atoms with Gasteiger partial charge in [0.05, 0.1) is 0 Å². The van der Waals surface area contributed by atoms with E-state index in [-0.39, 0.29) is 5.41 Å². The number of hydrogen-bond acceptors (Lipinski definition) is 1. The predicted octanol–water partition coefficient (Wildman–Crippen LogP) is 5.09. The predicted molar refractivity (Wildman–Crippen MR) is 91.5 cm³/mol. The summed E-state index contributed by atoms with van der Waals surface area (Å²) >= 11 is 0. The van der Waals surface area contributed by atoms with Crippen molar-refractivity contribution in [1.82, 2.24) is 5.32 Å². The molecule has 0 aliphatic carbocycles. The molecule has 1 heteroatoms. The Morgan fingerprint density at radius 3 is 1.95 bits per heavy atom. The fourth-order valence-electron chi connectivity index (χ4n) is 3.10. The maximum absolute atomic E-state index is 3.72. The third kappa shape index (κ3) is 4.44. The molecule has 0 saturated carbocycles. The van der Waals surface area contributed by atoms with Crippen molar-refractivity contribution in [2.75, 3.05) is 0 Å². The van der Waals surface area contributed by atoms with Crippen molar-refractivity contribution in [3.63, 3.8) is 0 Å². The van der Waals surface area contributed by atoms with Crippen LogP contribution < -0.4 is 5.32 Å². The lowest BCUT2D eigenvalue weighted by Crippen LogP contribution is -2.34. The fourth-order valence-corrected chi connectivity index (χ4v) is 3.10. The number of hydrogen-bond donors (Lipinski definition) is 1. The summed E-state index contributed by atoms with van der Waals surface area (Å²) in [5, 5.41) is 3.72. The average molecular weight is 281 g/mol. The SMILES string of the molecule is CC(CC(C)(C)c1ccccc1)N[C@@H](C)c1ccccc1. The molecule has 0 amide bonds. The summed E-state index contributed by atoms with van der Waals surface area (Å²) in [7, 11) is 0. The minimum atomic E-state index is 0.185. The first-order chi connectivity index (χ1) is 9.99. The van der Waals surface area contributed by atoms with E-state index in [2.05, 4.69) is 93.7 Å². The molecule has 2 rings (SSSR count). The van der Waals surface area contributed by atoms with E-state index in [1.807, 2.05) is 0 Å². The highest BCUT2D eigenvalue weighted by Crippen LogP contribution is 2.28. The van der Waals surface area contributed by atoms with E-state index in [0.717, 1.165) is 6.42 Å². The van der Waals surface area contributed by atoms with Crippen LogP contribution >= 0.6 is 0 Å². The highest BCUT2D eigenvalue weighted by atomic mass is 14.9. The molecule has 2 aromatic rings. The molecule has 0 heterocycles. The van der Waals surface area contributed by atoms with Crippen molar-refractivity contribution < 1.29 is 0 Å². The summed E-state index contributed by atoms with van der Waals surface area (Å²) in [5.41, 5.74) is 2.94. The van der Waals surface area contributed by atoms with Gasteiger partial charge in [0.2, 0.25) is 0 Å². The van der Waals surface area contributed by atoms with Gasteiger partial charge in [-0.25, -0.2) is 0 Å². The van der Waals surface area contributed by atoms with Crippen molar-refractivity contribution in [3.8, 4) is 0 Å². The van der Waals surface area contributed by atoms with E-state index in [1.165, 1.54) is 11.1 Å². The normalized spacial score (nSPS) is 14.7. The highest BCUT2D eigenvalue weighted by molar-refractivity contribution is 5.24. The lowest BCUT2D eigenvalue weighted by Gasteiger charge is -2.31. The van der Waals surface area contributed by atoms with Gasteiger partial charge in [-0.3, -0.25) is 0 Å². The number of benzene rings is 2. The van der Waals surface area contributed by atoms with E-state index in [1.54, 1.807) is 0 Å². The Hall–Kier alpha value is -1.60. The lowest BCUT2D eigenvalue weighted by molar-refractivity contribution is 0.366. The Bertz CT molecular complexity index is 530. The Balaban J connectivity index is 1.97. The molecule has 112 valence electrons. The minimum Gasteiger partial charge on any atom is -0.308 e. The second kappa shape index (κ2) is 6.91. The van der Waals surface area contributed by atoms with Crippen LogP contribution in [0, 0.1) is 0 Å².